The Morgan fingerprint density at radius 1 is 1.75 bits per heavy atom. The van der Waals surface area contributed by atoms with Gasteiger partial charge in [0.25, 0.3) is 0 Å². The Kier molecular flexibility index (Phi) is 3.25. The lowest BCUT2D eigenvalue weighted by atomic mass is 9.87. The third-order valence-electron chi connectivity index (χ3n) is 0.907. The Hall–Kier alpha value is -0.525. The summed E-state index contributed by atoms with van der Waals surface area (Å²) in [6.07, 6.45) is 1.57. The van der Waals surface area contributed by atoms with Crippen molar-refractivity contribution in [3.8, 4) is 0 Å². The second kappa shape index (κ2) is 3.47. The second-order valence-electron chi connectivity index (χ2n) is 1.97. The molecule has 2 radical (unpaired) electrons. The molecule has 0 aromatic heterocycles. The molecule has 0 aliphatic heterocycles. The lowest BCUT2D eigenvalue weighted by Crippen LogP contribution is -1.91. The molecule has 0 spiro atoms. The van der Waals surface area contributed by atoms with Crippen molar-refractivity contribution in [2.24, 2.45) is 10.9 Å². The third-order valence-corrected chi connectivity index (χ3v) is 0.907. The minimum atomic E-state index is 0.375. The van der Waals surface area contributed by atoms with E-state index in [1.165, 1.54) is 0 Å². The van der Waals surface area contributed by atoms with Crippen LogP contribution in [0.4, 0.5) is 0 Å². The van der Waals surface area contributed by atoms with Crippen molar-refractivity contribution in [1.29, 1.82) is 0 Å². The van der Waals surface area contributed by atoms with Crippen molar-refractivity contribution in [1.82, 2.24) is 0 Å². The standard InChI is InChI=1S/C6H10BN/c1-5(2)6(7)4-8-3/h4-5H,3H2,1-2H3/b6-4-. The zero-order chi connectivity index (χ0) is 6.57. The first-order chi connectivity index (χ1) is 3.68. The van der Waals surface area contributed by atoms with Gasteiger partial charge in [-0.05, 0) is 12.6 Å². The van der Waals surface area contributed by atoms with Gasteiger partial charge < -0.3 is 0 Å². The SMILES string of the molecule is [B]/C(=C\N=C)C(C)C. The maximum Gasteiger partial charge on any atom is 0.110 e. The first-order valence-electron chi connectivity index (χ1n) is 2.60. The summed E-state index contributed by atoms with van der Waals surface area (Å²) >= 11 is 0. The first-order valence-corrected chi connectivity index (χ1v) is 2.60. The number of nitrogens with zero attached hydrogens (tertiary/aromatic N) is 1. The predicted octanol–water partition coefficient (Wildman–Crippen LogP) is 1.35. The fourth-order valence-corrected chi connectivity index (χ4v) is 0.254. The van der Waals surface area contributed by atoms with Crippen LogP contribution in [0.2, 0.25) is 0 Å². The van der Waals surface area contributed by atoms with Crippen LogP contribution in [-0.2, 0) is 0 Å². The lowest BCUT2D eigenvalue weighted by Gasteiger charge is -2.00. The summed E-state index contributed by atoms with van der Waals surface area (Å²) in [5.74, 6) is 0.375. The van der Waals surface area contributed by atoms with Crippen molar-refractivity contribution < 1.29 is 0 Å². The van der Waals surface area contributed by atoms with E-state index >= 15 is 0 Å². The van der Waals surface area contributed by atoms with E-state index in [9.17, 15) is 0 Å². The molecule has 0 aliphatic carbocycles. The Morgan fingerprint density at radius 3 is 2.38 bits per heavy atom. The van der Waals surface area contributed by atoms with Gasteiger partial charge in [0.15, 0.2) is 0 Å². The van der Waals surface area contributed by atoms with Crippen LogP contribution in [-0.4, -0.2) is 14.6 Å². The number of allylic oxidation sites excluding steroid dienone is 1. The van der Waals surface area contributed by atoms with E-state index in [1.807, 2.05) is 13.8 Å². The van der Waals surface area contributed by atoms with Crippen molar-refractivity contribution >= 4 is 14.6 Å². The highest BCUT2D eigenvalue weighted by Crippen LogP contribution is 2.02. The maximum atomic E-state index is 5.45. The quantitative estimate of drug-likeness (QED) is 0.373. The number of hydrogen-bond donors (Lipinski definition) is 0. The van der Waals surface area contributed by atoms with E-state index in [1.54, 1.807) is 6.20 Å². The molecular formula is C6H10BN. The molecule has 0 saturated heterocycles. The molecule has 0 heterocycles. The largest absolute Gasteiger partial charge is 0.273 e. The average Bonchev–Trinajstić information content (AvgIpc) is 1.67. The van der Waals surface area contributed by atoms with Crippen LogP contribution in [0.1, 0.15) is 13.8 Å². The maximum absolute atomic E-state index is 5.45. The molecule has 0 bridgehead atoms. The van der Waals surface area contributed by atoms with Crippen LogP contribution >= 0.6 is 0 Å². The van der Waals surface area contributed by atoms with Crippen LogP contribution in [0, 0.1) is 5.92 Å². The fraction of sp³-hybridized carbons (Fsp3) is 0.500. The molecule has 42 valence electrons. The molecule has 0 N–H and O–H groups in total. The molecule has 0 unspecified atom stereocenters. The zero-order valence-corrected chi connectivity index (χ0v) is 5.39. The van der Waals surface area contributed by atoms with Gasteiger partial charge in [-0.1, -0.05) is 19.3 Å². The lowest BCUT2D eigenvalue weighted by molar-refractivity contribution is 0.810. The highest BCUT2D eigenvalue weighted by atomic mass is 14.6. The second-order valence-corrected chi connectivity index (χ2v) is 1.97. The van der Waals surface area contributed by atoms with Gasteiger partial charge in [0.2, 0.25) is 0 Å². The molecule has 0 aromatic rings. The highest BCUT2D eigenvalue weighted by Gasteiger charge is 1.91. The molecule has 0 aromatic carbocycles. The third kappa shape index (κ3) is 2.62. The van der Waals surface area contributed by atoms with Gasteiger partial charge in [-0.25, -0.2) is 0 Å². The highest BCUT2D eigenvalue weighted by molar-refractivity contribution is 6.21. The number of hydrogen-bond acceptors (Lipinski definition) is 1. The molecule has 0 atom stereocenters. The molecule has 0 amide bonds. The zero-order valence-electron chi connectivity index (χ0n) is 5.39. The van der Waals surface area contributed by atoms with Gasteiger partial charge in [0, 0.05) is 6.20 Å². The average molecular weight is 107 g/mol. The molecule has 2 heteroatoms. The predicted molar refractivity (Wildman–Crippen MR) is 38.2 cm³/mol. The number of aliphatic imine (C=N–C) groups is 1. The van der Waals surface area contributed by atoms with E-state index in [-0.39, 0.29) is 0 Å². The topological polar surface area (TPSA) is 12.4 Å². The van der Waals surface area contributed by atoms with Crippen LogP contribution in [0.25, 0.3) is 0 Å². The summed E-state index contributed by atoms with van der Waals surface area (Å²) in [5, 5.41) is 0. The van der Waals surface area contributed by atoms with Crippen LogP contribution in [0.3, 0.4) is 0 Å². The minimum absolute atomic E-state index is 0.375. The van der Waals surface area contributed by atoms with E-state index in [2.05, 4.69) is 11.7 Å². The molecule has 0 aliphatic rings. The van der Waals surface area contributed by atoms with Gasteiger partial charge in [-0.3, -0.25) is 4.99 Å². The van der Waals surface area contributed by atoms with E-state index in [0.29, 0.717) is 5.92 Å². The summed E-state index contributed by atoms with van der Waals surface area (Å²) in [6.45, 7) is 7.30. The summed E-state index contributed by atoms with van der Waals surface area (Å²) in [5.41, 5.74) is 0.778. The fourth-order valence-electron chi connectivity index (χ4n) is 0.254. The normalized spacial score (nSPS) is 12.1. The van der Waals surface area contributed by atoms with E-state index in [4.69, 9.17) is 7.85 Å². The van der Waals surface area contributed by atoms with E-state index < -0.39 is 0 Å². The molecule has 8 heavy (non-hydrogen) atoms. The number of rotatable bonds is 2. The minimum Gasteiger partial charge on any atom is -0.273 e. The van der Waals surface area contributed by atoms with Crippen LogP contribution in [0.15, 0.2) is 16.7 Å². The first kappa shape index (κ1) is 7.47. The Balaban J connectivity index is 3.78. The van der Waals surface area contributed by atoms with E-state index in [0.717, 1.165) is 5.47 Å². The smallest absolute Gasteiger partial charge is 0.110 e. The van der Waals surface area contributed by atoms with Gasteiger partial charge in [-0.15, -0.1) is 0 Å². The Morgan fingerprint density at radius 2 is 2.25 bits per heavy atom. The molecule has 0 saturated carbocycles. The Labute approximate surface area is 51.9 Å². The van der Waals surface area contributed by atoms with Gasteiger partial charge >= 0.3 is 0 Å². The van der Waals surface area contributed by atoms with Crippen molar-refractivity contribution in [2.75, 3.05) is 0 Å². The van der Waals surface area contributed by atoms with Crippen LogP contribution < -0.4 is 0 Å². The summed E-state index contributed by atoms with van der Waals surface area (Å²) in [4.78, 5) is 3.52. The summed E-state index contributed by atoms with van der Waals surface area (Å²) in [6, 6.07) is 0. The Bertz CT molecular complexity index is 105. The summed E-state index contributed by atoms with van der Waals surface area (Å²) in [7, 11) is 5.45. The molecule has 1 nitrogen and oxygen atoms in total. The summed E-state index contributed by atoms with van der Waals surface area (Å²) < 4.78 is 0. The van der Waals surface area contributed by atoms with Crippen molar-refractivity contribution in [3.63, 3.8) is 0 Å². The molecule has 0 fully saturated rings. The molecule has 0 rings (SSSR count). The van der Waals surface area contributed by atoms with Gasteiger partial charge in [0.05, 0.1) is 0 Å². The van der Waals surface area contributed by atoms with Crippen LogP contribution in [0.5, 0.6) is 0 Å². The molecular weight excluding hydrogens is 96.9 g/mol. The van der Waals surface area contributed by atoms with Gasteiger partial charge in [0.1, 0.15) is 7.85 Å². The van der Waals surface area contributed by atoms with Crippen molar-refractivity contribution in [2.45, 2.75) is 13.8 Å². The monoisotopic (exact) mass is 107 g/mol. The van der Waals surface area contributed by atoms with Crippen molar-refractivity contribution in [3.05, 3.63) is 11.7 Å². The van der Waals surface area contributed by atoms with Gasteiger partial charge in [-0.2, -0.15) is 0 Å².